The van der Waals surface area contributed by atoms with Gasteiger partial charge in [0.1, 0.15) is 23.2 Å². The van der Waals surface area contributed by atoms with Gasteiger partial charge in [-0.05, 0) is 43.3 Å². The number of hydrogen-bond donors (Lipinski definition) is 1. The number of benzene rings is 2. The maximum Gasteiger partial charge on any atom is 0.347 e. The van der Waals surface area contributed by atoms with E-state index in [0.717, 1.165) is 30.3 Å². The highest BCUT2D eigenvalue weighted by Crippen LogP contribution is 2.15. The Kier molecular flexibility index (Phi) is 5.99. The zero-order valence-electron chi connectivity index (χ0n) is 13.1. The molecule has 0 saturated carbocycles. The highest BCUT2D eigenvalue weighted by atomic mass is 19.1. The van der Waals surface area contributed by atoms with E-state index in [-0.39, 0.29) is 11.4 Å². The summed E-state index contributed by atoms with van der Waals surface area (Å²) in [4.78, 5) is 23.4. The summed E-state index contributed by atoms with van der Waals surface area (Å²) in [5.74, 6) is -3.45. The second kappa shape index (κ2) is 8.18. The second-order valence-electron chi connectivity index (χ2n) is 4.99. The molecule has 0 unspecified atom stereocenters. The summed E-state index contributed by atoms with van der Waals surface area (Å²) in [6.07, 6.45) is -1.05. The molecule has 2 rings (SSSR count). The lowest BCUT2D eigenvalue weighted by molar-refractivity contribution is -0.153. The van der Waals surface area contributed by atoms with Gasteiger partial charge in [0.05, 0.1) is 5.69 Å². The average molecular weight is 353 g/mol. The van der Waals surface area contributed by atoms with E-state index in [0.29, 0.717) is 0 Å². The normalized spacial score (nSPS) is 11.5. The van der Waals surface area contributed by atoms with Gasteiger partial charge in [-0.2, -0.15) is 0 Å². The fourth-order valence-corrected chi connectivity index (χ4v) is 1.80. The standard InChI is InChI=1S/C17H14F3NO4/c1-10(25-13-5-2-11(18)3-6-13)17(23)24-9-16(22)21-15-8-12(19)4-7-14(15)20/h2-8,10H,9H2,1H3,(H,21,22)/t10-/m0/s1. The molecule has 0 aliphatic rings. The van der Waals surface area contributed by atoms with Gasteiger partial charge in [-0.15, -0.1) is 0 Å². The number of ether oxygens (including phenoxy) is 2. The first-order valence-electron chi connectivity index (χ1n) is 7.19. The number of esters is 1. The first-order chi connectivity index (χ1) is 11.8. The van der Waals surface area contributed by atoms with E-state index in [2.05, 4.69) is 5.32 Å². The number of hydrogen-bond acceptors (Lipinski definition) is 4. The van der Waals surface area contributed by atoms with Crippen molar-refractivity contribution >= 4 is 17.6 Å². The molecule has 0 aromatic heterocycles. The molecule has 0 spiro atoms. The molecule has 1 amide bonds. The number of carbonyl (C=O) groups excluding carboxylic acids is 2. The Hall–Kier alpha value is -3.03. The summed E-state index contributed by atoms with van der Waals surface area (Å²) in [5, 5.41) is 2.09. The molecule has 0 heterocycles. The van der Waals surface area contributed by atoms with Gasteiger partial charge in [0.15, 0.2) is 12.7 Å². The van der Waals surface area contributed by atoms with Gasteiger partial charge in [0.25, 0.3) is 5.91 Å². The highest BCUT2D eigenvalue weighted by molar-refractivity contribution is 5.93. The van der Waals surface area contributed by atoms with Gasteiger partial charge < -0.3 is 14.8 Å². The van der Waals surface area contributed by atoms with Crippen LogP contribution in [0, 0.1) is 17.5 Å². The number of amides is 1. The van der Waals surface area contributed by atoms with E-state index < -0.39 is 42.0 Å². The maximum atomic E-state index is 13.4. The van der Waals surface area contributed by atoms with Crippen LogP contribution in [-0.4, -0.2) is 24.6 Å². The highest BCUT2D eigenvalue weighted by Gasteiger charge is 2.18. The van der Waals surface area contributed by atoms with Crippen molar-refractivity contribution in [3.05, 3.63) is 59.9 Å². The van der Waals surface area contributed by atoms with Gasteiger partial charge in [-0.3, -0.25) is 4.79 Å². The molecule has 0 bridgehead atoms. The maximum absolute atomic E-state index is 13.4. The second-order valence-corrected chi connectivity index (χ2v) is 4.99. The van der Waals surface area contributed by atoms with E-state index in [1.165, 1.54) is 19.1 Å². The zero-order valence-corrected chi connectivity index (χ0v) is 13.1. The minimum absolute atomic E-state index is 0.247. The summed E-state index contributed by atoms with van der Waals surface area (Å²) >= 11 is 0. The average Bonchev–Trinajstić information content (AvgIpc) is 2.58. The van der Waals surface area contributed by atoms with Crippen molar-refractivity contribution in [2.45, 2.75) is 13.0 Å². The van der Waals surface area contributed by atoms with Crippen molar-refractivity contribution in [1.29, 1.82) is 0 Å². The van der Waals surface area contributed by atoms with Gasteiger partial charge in [-0.25, -0.2) is 18.0 Å². The summed E-state index contributed by atoms with van der Waals surface area (Å²) < 4.78 is 49.2. The third kappa shape index (κ3) is 5.52. The fraction of sp³-hybridized carbons (Fsp3) is 0.176. The Morgan fingerprint density at radius 2 is 1.68 bits per heavy atom. The molecule has 0 saturated heterocycles. The lowest BCUT2D eigenvalue weighted by Crippen LogP contribution is -2.29. The summed E-state index contributed by atoms with van der Waals surface area (Å²) in [6.45, 7) is 0.682. The monoisotopic (exact) mass is 353 g/mol. The van der Waals surface area contributed by atoms with Crippen molar-refractivity contribution in [2.24, 2.45) is 0 Å². The van der Waals surface area contributed by atoms with Crippen molar-refractivity contribution in [3.8, 4) is 5.75 Å². The van der Waals surface area contributed by atoms with Crippen LogP contribution in [0.15, 0.2) is 42.5 Å². The first-order valence-corrected chi connectivity index (χ1v) is 7.19. The minimum atomic E-state index is -1.05. The predicted molar refractivity (Wildman–Crippen MR) is 82.4 cm³/mol. The number of halogens is 3. The molecular weight excluding hydrogens is 339 g/mol. The lowest BCUT2D eigenvalue weighted by atomic mass is 10.3. The van der Waals surface area contributed by atoms with Crippen LogP contribution in [-0.2, 0) is 14.3 Å². The first kappa shape index (κ1) is 18.3. The molecule has 0 aliphatic heterocycles. The quantitative estimate of drug-likeness (QED) is 0.811. The van der Waals surface area contributed by atoms with Crippen LogP contribution in [0.4, 0.5) is 18.9 Å². The summed E-state index contributed by atoms with van der Waals surface area (Å²) in [5.41, 5.74) is -0.364. The Bertz CT molecular complexity index is 765. The Labute approximate surface area is 141 Å². The number of carbonyl (C=O) groups is 2. The summed E-state index contributed by atoms with van der Waals surface area (Å²) in [7, 11) is 0. The van der Waals surface area contributed by atoms with Crippen LogP contribution >= 0.6 is 0 Å². The third-order valence-corrected chi connectivity index (χ3v) is 3.01. The van der Waals surface area contributed by atoms with E-state index >= 15 is 0 Å². The van der Waals surface area contributed by atoms with Crippen LogP contribution < -0.4 is 10.1 Å². The molecule has 1 N–H and O–H groups in total. The molecule has 8 heteroatoms. The molecule has 0 radical (unpaired) electrons. The lowest BCUT2D eigenvalue weighted by Gasteiger charge is -2.14. The molecule has 0 fully saturated rings. The van der Waals surface area contributed by atoms with E-state index in [4.69, 9.17) is 9.47 Å². The number of nitrogens with one attached hydrogen (secondary N) is 1. The molecule has 25 heavy (non-hydrogen) atoms. The molecule has 2 aromatic rings. The van der Waals surface area contributed by atoms with Crippen LogP contribution in [0.25, 0.3) is 0 Å². The summed E-state index contributed by atoms with van der Waals surface area (Å²) in [6, 6.07) is 7.55. The van der Waals surface area contributed by atoms with Gasteiger partial charge in [-0.1, -0.05) is 0 Å². The van der Waals surface area contributed by atoms with Gasteiger partial charge in [0, 0.05) is 6.07 Å². The van der Waals surface area contributed by atoms with Crippen LogP contribution in [0.5, 0.6) is 5.75 Å². The van der Waals surface area contributed by atoms with Crippen LogP contribution in [0.3, 0.4) is 0 Å². The van der Waals surface area contributed by atoms with Crippen LogP contribution in [0.1, 0.15) is 6.92 Å². The molecular formula is C17H14F3NO4. The van der Waals surface area contributed by atoms with Crippen molar-refractivity contribution in [3.63, 3.8) is 0 Å². The van der Waals surface area contributed by atoms with Crippen LogP contribution in [0.2, 0.25) is 0 Å². The molecule has 2 aromatic carbocycles. The van der Waals surface area contributed by atoms with E-state index in [9.17, 15) is 22.8 Å². The smallest absolute Gasteiger partial charge is 0.347 e. The largest absolute Gasteiger partial charge is 0.479 e. The van der Waals surface area contributed by atoms with Crippen molar-refractivity contribution < 1.29 is 32.2 Å². The minimum Gasteiger partial charge on any atom is -0.479 e. The molecule has 132 valence electrons. The Balaban J connectivity index is 1.83. The molecule has 1 atom stereocenters. The fourth-order valence-electron chi connectivity index (χ4n) is 1.80. The third-order valence-electron chi connectivity index (χ3n) is 3.01. The van der Waals surface area contributed by atoms with E-state index in [1.54, 1.807) is 0 Å². The Morgan fingerprint density at radius 3 is 2.36 bits per heavy atom. The predicted octanol–water partition coefficient (Wildman–Crippen LogP) is 3.05. The molecule has 0 aliphatic carbocycles. The molecule has 5 nitrogen and oxygen atoms in total. The number of anilines is 1. The SMILES string of the molecule is C[C@H](Oc1ccc(F)cc1)C(=O)OCC(=O)Nc1cc(F)ccc1F. The van der Waals surface area contributed by atoms with Gasteiger partial charge >= 0.3 is 5.97 Å². The van der Waals surface area contributed by atoms with Crippen molar-refractivity contribution in [1.82, 2.24) is 0 Å². The zero-order chi connectivity index (χ0) is 18.4. The van der Waals surface area contributed by atoms with E-state index in [1.807, 2.05) is 0 Å². The topological polar surface area (TPSA) is 64.6 Å². The van der Waals surface area contributed by atoms with Gasteiger partial charge in [0.2, 0.25) is 0 Å². The number of rotatable bonds is 6. The Morgan fingerprint density at radius 1 is 1.04 bits per heavy atom. The van der Waals surface area contributed by atoms with Crippen molar-refractivity contribution in [2.75, 3.05) is 11.9 Å².